The van der Waals surface area contributed by atoms with Crippen molar-refractivity contribution in [3.8, 4) is 26.3 Å². The van der Waals surface area contributed by atoms with E-state index in [9.17, 15) is 9.90 Å². The molecule has 0 amide bonds. The molecule has 43 heavy (non-hydrogen) atoms. The summed E-state index contributed by atoms with van der Waals surface area (Å²) in [4.78, 5) is 17.8. The summed E-state index contributed by atoms with van der Waals surface area (Å²) in [6.07, 6.45) is 8.57. The van der Waals surface area contributed by atoms with Gasteiger partial charge < -0.3 is 10.0 Å². The molecule has 0 fully saturated rings. The summed E-state index contributed by atoms with van der Waals surface area (Å²) >= 11 is 3.22. The maximum Gasteiger partial charge on any atom is 0.346 e. The number of aryl methyl sites for hydroxylation is 5. The third-order valence-electron chi connectivity index (χ3n) is 8.53. The number of fused-ring (bicyclic) bond motifs is 2. The second-order valence-electron chi connectivity index (χ2n) is 11.3. The molecule has 2 heterocycles. The first kappa shape index (κ1) is 27.4. The third kappa shape index (κ3) is 5.31. The predicted molar refractivity (Wildman–Crippen MR) is 178 cm³/mol. The highest BCUT2D eigenvalue weighted by molar-refractivity contribution is 7.24. The molecule has 2 aromatic heterocycles. The predicted octanol–water partition coefficient (Wildman–Crippen LogP) is 9.89. The summed E-state index contributed by atoms with van der Waals surface area (Å²) in [5, 5.41) is 18.3. The number of aliphatic carboxylic acids is 1. The van der Waals surface area contributed by atoms with Crippen LogP contribution in [-0.4, -0.2) is 11.1 Å². The highest BCUT2D eigenvalue weighted by atomic mass is 32.1. The van der Waals surface area contributed by atoms with E-state index in [0.717, 1.165) is 33.2 Å². The zero-order valence-corrected chi connectivity index (χ0v) is 25.5. The van der Waals surface area contributed by atoms with Gasteiger partial charge in [0, 0.05) is 36.6 Å². The molecule has 2 aliphatic carbocycles. The van der Waals surface area contributed by atoms with Gasteiger partial charge in [-0.3, -0.25) is 0 Å². The van der Waals surface area contributed by atoms with Crippen LogP contribution >= 0.6 is 22.7 Å². The average molecular weight is 599 g/mol. The minimum Gasteiger partial charge on any atom is -0.477 e. The summed E-state index contributed by atoms with van der Waals surface area (Å²) in [7, 11) is 0. The van der Waals surface area contributed by atoms with Crippen molar-refractivity contribution < 1.29 is 9.90 Å². The Morgan fingerprint density at radius 1 is 0.744 bits per heavy atom. The first-order chi connectivity index (χ1) is 21.0. The smallest absolute Gasteiger partial charge is 0.346 e. The molecule has 7 rings (SSSR count). The molecule has 212 valence electrons. The number of rotatable bonds is 7. The molecule has 3 aromatic carbocycles. The first-order valence-corrected chi connectivity index (χ1v) is 16.3. The molecule has 5 aromatic rings. The Labute approximate surface area is 259 Å². The molecular formula is C37H30N2O2S2. The molecule has 0 radical (unpaired) electrons. The second kappa shape index (κ2) is 11.3. The van der Waals surface area contributed by atoms with E-state index in [2.05, 4.69) is 78.6 Å². The highest BCUT2D eigenvalue weighted by Gasteiger charge is 2.20. The van der Waals surface area contributed by atoms with Gasteiger partial charge in [0.15, 0.2) is 0 Å². The third-order valence-corrected chi connectivity index (χ3v) is 10.9. The number of carboxylic acids is 1. The van der Waals surface area contributed by atoms with Gasteiger partial charge in [0.05, 0.1) is 0 Å². The standard InChI is InChI=1S/C37H30N2O2S2/c1-23-18-29(12-14-33(23)34-16-17-36(43-34)35-15-13-32(42-35)21-28(22-38)37(40)41)39(30-10-8-24-4-2-6-26(24)19-30)31-11-9-25-5-3-7-27(25)20-31/h8-21H,2-7H2,1H3,(H,40,41)/b28-21+. The van der Waals surface area contributed by atoms with Crippen LogP contribution < -0.4 is 4.90 Å². The van der Waals surface area contributed by atoms with E-state index in [1.165, 1.54) is 92.7 Å². The number of thiophene rings is 2. The van der Waals surface area contributed by atoms with Crippen LogP contribution in [0.25, 0.3) is 26.3 Å². The van der Waals surface area contributed by atoms with E-state index in [1.807, 2.05) is 12.1 Å². The molecule has 0 saturated heterocycles. The summed E-state index contributed by atoms with van der Waals surface area (Å²) in [6.45, 7) is 2.19. The number of carbonyl (C=O) groups is 1. The highest BCUT2D eigenvalue weighted by Crippen LogP contribution is 2.43. The molecule has 6 heteroatoms. The van der Waals surface area contributed by atoms with Crippen molar-refractivity contribution in [2.24, 2.45) is 0 Å². The van der Waals surface area contributed by atoms with Crippen molar-refractivity contribution in [3.63, 3.8) is 0 Å². The number of carboxylic acid groups (broad SMARTS) is 1. The fraction of sp³-hybridized carbons (Fsp3) is 0.189. The zero-order valence-electron chi connectivity index (χ0n) is 23.9. The number of nitriles is 1. The van der Waals surface area contributed by atoms with E-state index >= 15 is 0 Å². The van der Waals surface area contributed by atoms with Gasteiger partial charge in [0.1, 0.15) is 11.6 Å². The van der Waals surface area contributed by atoms with Crippen LogP contribution in [0.2, 0.25) is 0 Å². The van der Waals surface area contributed by atoms with Crippen LogP contribution in [0.1, 0.15) is 45.5 Å². The van der Waals surface area contributed by atoms with E-state index in [4.69, 9.17) is 5.26 Å². The van der Waals surface area contributed by atoms with Crippen LogP contribution in [0, 0.1) is 18.3 Å². The minimum absolute atomic E-state index is 0.259. The van der Waals surface area contributed by atoms with E-state index < -0.39 is 5.97 Å². The Kier molecular flexibility index (Phi) is 7.22. The fourth-order valence-corrected chi connectivity index (χ4v) is 8.51. The lowest BCUT2D eigenvalue weighted by Gasteiger charge is -2.27. The SMILES string of the molecule is Cc1cc(N(c2ccc3c(c2)CCC3)c2ccc3c(c2)CCC3)ccc1-c1ccc(-c2ccc(/C=C(\C#N)C(=O)O)s2)s1. The van der Waals surface area contributed by atoms with Crippen LogP contribution in [0.4, 0.5) is 17.1 Å². The van der Waals surface area contributed by atoms with Crippen molar-refractivity contribution in [2.75, 3.05) is 4.90 Å². The molecule has 4 nitrogen and oxygen atoms in total. The minimum atomic E-state index is -1.21. The number of anilines is 3. The largest absolute Gasteiger partial charge is 0.477 e. The normalized spacial score (nSPS) is 13.9. The van der Waals surface area contributed by atoms with Gasteiger partial charge in [-0.05, 0) is 146 Å². The zero-order chi connectivity index (χ0) is 29.5. The Morgan fingerprint density at radius 2 is 1.30 bits per heavy atom. The Hall–Kier alpha value is -4.44. The van der Waals surface area contributed by atoms with Crippen LogP contribution in [0.5, 0.6) is 0 Å². The van der Waals surface area contributed by atoms with Crippen LogP contribution in [0.3, 0.4) is 0 Å². The topological polar surface area (TPSA) is 64.3 Å². The summed E-state index contributed by atoms with van der Waals surface area (Å²) in [6, 6.07) is 30.7. The summed E-state index contributed by atoms with van der Waals surface area (Å²) in [5.74, 6) is -1.21. The monoisotopic (exact) mass is 598 g/mol. The van der Waals surface area contributed by atoms with Gasteiger partial charge >= 0.3 is 5.97 Å². The van der Waals surface area contributed by atoms with Gasteiger partial charge in [-0.2, -0.15) is 5.26 Å². The fourth-order valence-electron chi connectivity index (χ4n) is 6.37. The van der Waals surface area contributed by atoms with Gasteiger partial charge in [-0.1, -0.05) is 18.2 Å². The first-order valence-electron chi connectivity index (χ1n) is 14.7. The van der Waals surface area contributed by atoms with Crippen molar-refractivity contribution in [3.05, 3.63) is 117 Å². The lowest BCUT2D eigenvalue weighted by Crippen LogP contribution is -2.11. The number of hydrogen-bond donors (Lipinski definition) is 1. The molecule has 1 N–H and O–H groups in total. The van der Waals surface area contributed by atoms with Crippen molar-refractivity contribution in [2.45, 2.75) is 45.4 Å². The maximum atomic E-state index is 11.2. The summed E-state index contributed by atoms with van der Waals surface area (Å²) < 4.78 is 0. The molecule has 0 aliphatic heterocycles. The summed E-state index contributed by atoms with van der Waals surface area (Å²) in [5.41, 5.74) is 11.7. The molecule has 0 bridgehead atoms. The van der Waals surface area contributed by atoms with Crippen molar-refractivity contribution >= 4 is 51.8 Å². The van der Waals surface area contributed by atoms with Gasteiger partial charge in [-0.15, -0.1) is 22.7 Å². The molecule has 2 aliphatic rings. The molecule has 0 spiro atoms. The molecule has 0 saturated carbocycles. The number of nitrogens with zero attached hydrogens (tertiary/aromatic N) is 2. The van der Waals surface area contributed by atoms with Gasteiger partial charge in [-0.25, -0.2) is 4.79 Å². The van der Waals surface area contributed by atoms with Crippen LogP contribution in [-0.2, 0) is 30.5 Å². The van der Waals surface area contributed by atoms with E-state index in [1.54, 1.807) is 17.4 Å². The molecule has 0 atom stereocenters. The quantitative estimate of drug-likeness (QED) is 0.150. The number of hydrogen-bond acceptors (Lipinski definition) is 5. The van der Waals surface area contributed by atoms with E-state index in [0.29, 0.717) is 0 Å². The molecular weight excluding hydrogens is 569 g/mol. The van der Waals surface area contributed by atoms with Crippen molar-refractivity contribution in [1.29, 1.82) is 5.26 Å². The lowest BCUT2D eigenvalue weighted by molar-refractivity contribution is -0.132. The maximum absolute atomic E-state index is 11.2. The van der Waals surface area contributed by atoms with E-state index in [-0.39, 0.29) is 5.57 Å². The van der Waals surface area contributed by atoms with Crippen LogP contribution in [0.15, 0.2) is 84.4 Å². The van der Waals surface area contributed by atoms with Crippen molar-refractivity contribution in [1.82, 2.24) is 0 Å². The second-order valence-corrected chi connectivity index (χ2v) is 13.5. The lowest BCUT2D eigenvalue weighted by atomic mass is 10.0. The molecule has 0 unspecified atom stereocenters. The average Bonchev–Trinajstić information content (AvgIpc) is 3.82. The Bertz CT molecular complexity index is 1900. The number of benzene rings is 3. The van der Waals surface area contributed by atoms with Gasteiger partial charge in [0.2, 0.25) is 0 Å². The Balaban J connectivity index is 1.22. The Morgan fingerprint density at radius 3 is 1.93 bits per heavy atom. The van der Waals surface area contributed by atoms with Gasteiger partial charge in [0.25, 0.3) is 0 Å².